The molecule has 1 saturated carbocycles. The number of hydrogen-bond acceptors (Lipinski definition) is 4. The first-order valence-corrected chi connectivity index (χ1v) is 9.50. The summed E-state index contributed by atoms with van der Waals surface area (Å²) in [4.78, 5) is -0.372. The van der Waals surface area contributed by atoms with Gasteiger partial charge in [-0.25, -0.2) is 8.42 Å². The minimum atomic E-state index is -4.53. The molecule has 1 aromatic rings. The second kappa shape index (κ2) is 8.06. The topological polar surface area (TPSA) is 66.4 Å². The van der Waals surface area contributed by atoms with Gasteiger partial charge in [0, 0.05) is 12.2 Å². The lowest BCUT2D eigenvalue weighted by atomic mass is 9.83. The first-order chi connectivity index (χ1) is 10.9. The number of alkyl halides is 2. The van der Waals surface area contributed by atoms with Crippen molar-refractivity contribution in [1.29, 1.82) is 0 Å². The van der Waals surface area contributed by atoms with Crippen LogP contribution in [0.3, 0.4) is 0 Å². The lowest BCUT2D eigenvalue weighted by Crippen LogP contribution is -2.24. The molecular formula is C16H23F2NO3S. The number of benzene rings is 1. The summed E-state index contributed by atoms with van der Waals surface area (Å²) >= 11 is 0. The summed E-state index contributed by atoms with van der Waals surface area (Å²) < 4.78 is 47.5. The van der Waals surface area contributed by atoms with Crippen LogP contribution in [0.1, 0.15) is 38.5 Å². The van der Waals surface area contributed by atoms with Gasteiger partial charge >= 0.3 is 5.76 Å². The number of halogens is 2. The van der Waals surface area contributed by atoms with Crippen LogP contribution < -0.4 is 5.32 Å². The molecule has 0 spiro atoms. The van der Waals surface area contributed by atoms with Crippen molar-refractivity contribution >= 4 is 15.5 Å². The molecule has 0 amide bonds. The average molecular weight is 347 g/mol. The number of aliphatic hydroxyl groups is 1. The molecule has 4 nitrogen and oxygen atoms in total. The van der Waals surface area contributed by atoms with Crippen LogP contribution in [-0.4, -0.2) is 31.9 Å². The maximum absolute atomic E-state index is 12.4. The number of nitrogens with one attached hydrogen (secondary N) is 1. The predicted molar refractivity (Wildman–Crippen MR) is 85.3 cm³/mol. The zero-order chi connectivity index (χ0) is 16.9. The third kappa shape index (κ3) is 4.88. The highest BCUT2D eigenvalue weighted by molar-refractivity contribution is 7.91. The number of anilines is 1. The smallest absolute Gasteiger partial charge is 0.341 e. The van der Waals surface area contributed by atoms with E-state index in [0.29, 0.717) is 18.2 Å². The highest BCUT2D eigenvalue weighted by atomic mass is 32.2. The van der Waals surface area contributed by atoms with Gasteiger partial charge in [0.15, 0.2) is 0 Å². The van der Waals surface area contributed by atoms with E-state index in [1.54, 1.807) is 0 Å². The van der Waals surface area contributed by atoms with E-state index in [9.17, 15) is 22.3 Å². The summed E-state index contributed by atoms with van der Waals surface area (Å²) in [5.41, 5.74) is 0.697. The molecule has 0 saturated heterocycles. The second-order valence-electron chi connectivity index (χ2n) is 6.01. The van der Waals surface area contributed by atoms with Crippen LogP contribution in [0.4, 0.5) is 14.5 Å². The number of rotatable bonds is 7. The lowest BCUT2D eigenvalue weighted by molar-refractivity contribution is 0.0648. The van der Waals surface area contributed by atoms with E-state index in [1.807, 2.05) is 0 Å². The van der Waals surface area contributed by atoms with Crippen LogP contribution >= 0.6 is 0 Å². The minimum absolute atomic E-state index is 0.192. The Morgan fingerprint density at radius 1 is 1.17 bits per heavy atom. The van der Waals surface area contributed by atoms with Crippen LogP contribution in [0.25, 0.3) is 0 Å². The molecule has 2 unspecified atom stereocenters. The molecule has 23 heavy (non-hydrogen) atoms. The fraction of sp³-hybridized carbons (Fsp3) is 0.625. The Kier molecular flexibility index (Phi) is 6.35. The zero-order valence-electron chi connectivity index (χ0n) is 12.9. The fourth-order valence-corrected chi connectivity index (χ4v) is 3.71. The molecule has 2 N–H and O–H groups in total. The molecule has 130 valence electrons. The molecule has 2 rings (SSSR count). The van der Waals surface area contributed by atoms with Crippen LogP contribution in [0.15, 0.2) is 29.2 Å². The highest BCUT2D eigenvalue weighted by Gasteiger charge is 2.26. The summed E-state index contributed by atoms with van der Waals surface area (Å²) in [7, 11) is -4.53. The molecule has 2 atom stereocenters. The van der Waals surface area contributed by atoms with E-state index in [4.69, 9.17) is 0 Å². The molecule has 0 aromatic heterocycles. The van der Waals surface area contributed by atoms with Gasteiger partial charge in [0.2, 0.25) is 9.84 Å². The van der Waals surface area contributed by atoms with Crippen molar-refractivity contribution in [1.82, 2.24) is 0 Å². The maximum atomic E-state index is 12.4. The van der Waals surface area contributed by atoms with Crippen molar-refractivity contribution in [3.8, 4) is 0 Å². The largest absolute Gasteiger partial charge is 0.393 e. The van der Waals surface area contributed by atoms with Crippen molar-refractivity contribution in [2.45, 2.75) is 55.3 Å². The average Bonchev–Trinajstić information content (AvgIpc) is 2.53. The quantitative estimate of drug-likeness (QED) is 0.742. The van der Waals surface area contributed by atoms with Crippen molar-refractivity contribution in [2.24, 2.45) is 5.92 Å². The van der Waals surface area contributed by atoms with E-state index in [1.165, 1.54) is 30.7 Å². The van der Waals surface area contributed by atoms with E-state index in [2.05, 4.69) is 5.32 Å². The van der Waals surface area contributed by atoms with Gasteiger partial charge in [-0.05, 0) is 55.9 Å². The molecule has 0 heterocycles. The third-order valence-corrected chi connectivity index (χ3v) is 5.77. The monoisotopic (exact) mass is 347 g/mol. The van der Waals surface area contributed by atoms with Gasteiger partial charge in [-0.1, -0.05) is 12.8 Å². The Morgan fingerprint density at radius 2 is 1.83 bits per heavy atom. The SMILES string of the molecule is O=S(=O)(c1ccc(NCCCC2CCCCC2O)cc1)C(F)F. The lowest BCUT2D eigenvalue weighted by Gasteiger charge is -2.27. The van der Waals surface area contributed by atoms with Crippen LogP contribution in [0.5, 0.6) is 0 Å². The van der Waals surface area contributed by atoms with Crippen LogP contribution in [0, 0.1) is 5.92 Å². The van der Waals surface area contributed by atoms with E-state index in [0.717, 1.165) is 32.1 Å². The van der Waals surface area contributed by atoms with Gasteiger partial charge < -0.3 is 10.4 Å². The normalized spacial score (nSPS) is 22.3. The molecule has 1 fully saturated rings. The van der Waals surface area contributed by atoms with Crippen molar-refractivity contribution < 1.29 is 22.3 Å². The highest BCUT2D eigenvalue weighted by Crippen LogP contribution is 2.28. The number of sulfone groups is 1. The maximum Gasteiger partial charge on any atom is 0.341 e. The third-order valence-electron chi connectivity index (χ3n) is 4.37. The molecule has 1 aliphatic rings. The summed E-state index contributed by atoms with van der Waals surface area (Å²) in [6, 6.07) is 5.36. The van der Waals surface area contributed by atoms with Crippen molar-refractivity contribution in [3.05, 3.63) is 24.3 Å². The first-order valence-electron chi connectivity index (χ1n) is 7.95. The van der Waals surface area contributed by atoms with E-state index >= 15 is 0 Å². The van der Waals surface area contributed by atoms with Gasteiger partial charge in [-0.15, -0.1) is 0 Å². The van der Waals surface area contributed by atoms with Crippen LogP contribution in [-0.2, 0) is 9.84 Å². The number of aliphatic hydroxyl groups excluding tert-OH is 1. The van der Waals surface area contributed by atoms with Gasteiger partial charge in [0.25, 0.3) is 0 Å². The van der Waals surface area contributed by atoms with Gasteiger partial charge in [-0.2, -0.15) is 8.78 Å². The molecule has 0 radical (unpaired) electrons. The van der Waals surface area contributed by atoms with Gasteiger partial charge in [0.1, 0.15) is 0 Å². The summed E-state index contributed by atoms with van der Waals surface area (Å²) in [6.07, 6.45) is 5.89. The Bertz CT molecular complexity index is 590. The standard InChI is InChI=1S/C16H23F2NO3S/c17-16(18)23(21,22)14-9-7-13(8-10-14)19-11-3-5-12-4-1-2-6-15(12)20/h7-10,12,15-16,19-20H,1-6,11H2. The summed E-state index contributed by atoms with van der Waals surface area (Å²) in [5.74, 6) is -3.03. The Labute approximate surface area is 135 Å². The molecule has 1 aromatic carbocycles. The number of hydrogen-bond donors (Lipinski definition) is 2. The van der Waals surface area contributed by atoms with Crippen molar-refractivity contribution in [3.63, 3.8) is 0 Å². The molecule has 7 heteroatoms. The van der Waals surface area contributed by atoms with E-state index < -0.39 is 15.6 Å². The second-order valence-corrected chi connectivity index (χ2v) is 7.93. The molecule has 1 aliphatic carbocycles. The van der Waals surface area contributed by atoms with Crippen molar-refractivity contribution in [2.75, 3.05) is 11.9 Å². The minimum Gasteiger partial charge on any atom is -0.393 e. The van der Waals surface area contributed by atoms with Crippen LogP contribution in [0.2, 0.25) is 0 Å². The Balaban J connectivity index is 1.78. The Morgan fingerprint density at radius 3 is 2.43 bits per heavy atom. The summed E-state index contributed by atoms with van der Waals surface area (Å²) in [6.45, 7) is 0.699. The molecule has 0 bridgehead atoms. The van der Waals surface area contributed by atoms with Gasteiger partial charge in [-0.3, -0.25) is 0 Å². The Hall–Kier alpha value is -1.21. The zero-order valence-corrected chi connectivity index (χ0v) is 13.7. The van der Waals surface area contributed by atoms with E-state index in [-0.39, 0.29) is 11.0 Å². The predicted octanol–water partition coefficient (Wildman–Crippen LogP) is 3.43. The molecule has 0 aliphatic heterocycles. The summed E-state index contributed by atoms with van der Waals surface area (Å²) in [5, 5.41) is 13.0. The van der Waals surface area contributed by atoms with Gasteiger partial charge in [0.05, 0.1) is 11.0 Å². The molecular weight excluding hydrogens is 324 g/mol. The fourth-order valence-electron chi connectivity index (χ4n) is 2.99. The first kappa shape index (κ1) is 18.1.